The van der Waals surface area contributed by atoms with Crippen LogP contribution in [0.1, 0.15) is 25.7 Å². The standard InChI is InChI=1S/C15H21N3O5S/c1-17(12-7-10-3-4-11(8-12)16-10)24(21,22)13-5-6-15(23-2)14(9-13)18(19)20/h5-6,9-12,16H,3-4,7-8H2,1-2H3. The van der Waals surface area contributed by atoms with Gasteiger partial charge in [-0.25, -0.2) is 8.42 Å². The first kappa shape index (κ1) is 17.1. The molecule has 2 saturated heterocycles. The fourth-order valence-electron chi connectivity index (χ4n) is 3.66. The summed E-state index contributed by atoms with van der Waals surface area (Å²) >= 11 is 0. The zero-order chi connectivity index (χ0) is 17.5. The fraction of sp³-hybridized carbons (Fsp3) is 0.600. The molecule has 24 heavy (non-hydrogen) atoms. The predicted octanol–water partition coefficient (Wildman–Crippen LogP) is 1.51. The van der Waals surface area contributed by atoms with Crippen molar-refractivity contribution >= 4 is 15.7 Å². The van der Waals surface area contributed by atoms with E-state index < -0.39 is 14.9 Å². The highest BCUT2D eigenvalue weighted by atomic mass is 32.2. The van der Waals surface area contributed by atoms with Gasteiger partial charge in [-0.1, -0.05) is 0 Å². The van der Waals surface area contributed by atoms with Crippen molar-refractivity contribution in [1.82, 2.24) is 9.62 Å². The molecule has 0 amide bonds. The highest BCUT2D eigenvalue weighted by Crippen LogP contribution is 2.34. The molecule has 2 aliphatic heterocycles. The molecule has 1 aromatic rings. The van der Waals surface area contributed by atoms with Crippen molar-refractivity contribution in [2.75, 3.05) is 14.2 Å². The Hall–Kier alpha value is -1.71. The second-order valence-corrected chi connectivity index (χ2v) is 8.37. The molecule has 0 aromatic heterocycles. The van der Waals surface area contributed by atoms with E-state index in [1.165, 1.54) is 23.5 Å². The minimum atomic E-state index is -3.79. The Morgan fingerprint density at radius 1 is 1.29 bits per heavy atom. The average molecular weight is 355 g/mol. The van der Waals surface area contributed by atoms with Crippen molar-refractivity contribution in [3.05, 3.63) is 28.3 Å². The summed E-state index contributed by atoms with van der Waals surface area (Å²) in [6, 6.07) is 4.38. The highest BCUT2D eigenvalue weighted by molar-refractivity contribution is 7.89. The fourth-order valence-corrected chi connectivity index (χ4v) is 5.06. The smallest absolute Gasteiger partial charge is 0.312 e. The second kappa shape index (κ2) is 6.30. The quantitative estimate of drug-likeness (QED) is 0.634. The van der Waals surface area contributed by atoms with Gasteiger partial charge in [0.15, 0.2) is 5.75 Å². The third kappa shape index (κ3) is 2.99. The monoisotopic (exact) mass is 355 g/mol. The Labute approximate surface area is 141 Å². The molecule has 0 radical (unpaired) electrons. The number of hydrogen-bond donors (Lipinski definition) is 1. The number of methoxy groups -OCH3 is 1. The Bertz CT molecular complexity index is 739. The maximum atomic E-state index is 12.9. The third-order valence-corrected chi connectivity index (χ3v) is 6.89. The van der Waals surface area contributed by atoms with E-state index in [4.69, 9.17) is 4.74 Å². The van der Waals surface area contributed by atoms with Crippen LogP contribution >= 0.6 is 0 Å². The Balaban J connectivity index is 1.89. The number of rotatable bonds is 5. The van der Waals surface area contributed by atoms with E-state index in [-0.39, 0.29) is 22.4 Å². The summed E-state index contributed by atoms with van der Waals surface area (Å²) in [5.41, 5.74) is -0.350. The van der Waals surface area contributed by atoms with Crippen LogP contribution in [0, 0.1) is 10.1 Å². The highest BCUT2D eigenvalue weighted by Gasteiger charge is 2.39. The lowest BCUT2D eigenvalue weighted by Gasteiger charge is -2.34. The minimum Gasteiger partial charge on any atom is -0.490 e. The summed E-state index contributed by atoms with van der Waals surface area (Å²) in [5, 5.41) is 14.6. The van der Waals surface area contributed by atoms with Gasteiger partial charge in [-0.2, -0.15) is 4.31 Å². The molecule has 3 rings (SSSR count). The van der Waals surface area contributed by atoms with Crippen molar-refractivity contribution in [1.29, 1.82) is 0 Å². The number of piperidine rings is 1. The average Bonchev–Trinajstić information content (AvgIpc) is 2.91. The number of nitrogens with one attached hydrogen (secondary N) is 1. The minimum absolute atomic E-state index is 0.0431. The van der Waals surface area contributed by atoms with Crippen LogP contribution in [0.3, 0.4) is 0 Å². The van der Waals surface area contributed by atoms with Gasteiger partial charge in [0.2, 0.25) is 10.0 Å². The molecule has 0 spiro atoms. The summed E-state index contributed by atoms with van der Waals surface area (Å²) in [4.78, 5) is 10.4. The predicted molar refractivity (Wildman–Crippen MR) is 87.6 cm³/mol. The largest absolute Gasteiger partial charge is 0.490 e. The van der Waals surface area contributed by atoms with Gasteiger partial charge in [0.05, 0.1) is 16.9 Å². The summed E-state index contributed by atoms with van der Waals surface area (Å²) < 4.78 is 32.1. The summed E-state index contributed by atoms with van der Waals surface area (Å²) in [7, 11) is -0.924. The zero-order valence-electron chi connectivity index (χ0n) is 13.6. The number of ether oxygens (including phenoxy) is 1. The van der Waals surface area contributed by atoms with Crippen LogP contribution in [0.25, 0.3) is 0 Å². The Morgan fingerprint density at radius 3 is 2.46 bits per heavy atom. The number of nitro benzene ring substituents is 1. The van der Waals surface area contributed by atoms with Crippen LogP contribution in [0.4, 0.5) is 5.69 Å². The molecule has 1 N–H and O–H groups in total. The van der Waals surface area contributed by atoms with E-state index in [0.29, 0.717) is 12.1 Å². The van der Waals surface area contributed by atoms with Crippen LogP contribution in [-0.2, 0) is 10.0 Å². The molecule has 9 heteroatoms. The van der Waals surface area contributed by atoms with Crippen molar-refractivity contribution in [3.63, 3.8) is 0 Å². The lowest BCUT2D eigenvalue weighted by molar-refractivity contribution is -0.386. The van der Waals surface area contributed by atoms with Gasteiger partial charge in [0.25, 0.3) is 0 Å². The topological polar surface area (TPSA) is 102 Å². The van der Waals surface area contributed by atoms with Crippen molar-refractivity contribution in [2.24, 2.45) is 0 Å². The first-order valence-corrected chi connectivity index (χ1v) is 9.33. The maximum Gasteiger partial charge on any atom is 0.312 e. The molecule has 1 aromatic carbocycles. The number of benzene rings is 1. The van der Waals surface area contributed by atoms with Crippen LogP contribution in [0.5, 0.6) is 5.75 Å². The van der Waals surface area contributed by atoms with Crippen LogP contribution < -0.4 is 10.1 Å². The van der Waals surface area contributed by atoms with Gasteiger partial charge >= 0.3 is 5.69 Å². The van der Waals surface area contributed by atoms with E-state index in [1.54, 1.807) is 7.05 Å². The molecule has 0 saturated carbocycles. The van der Waals surface area contributed by atoms with Crippen LogP contribution in [0.15, 0.2) is 23.1 Å². The normalized spacial score (nSPS) is 26.5. The number of nitrogens with zero attached hydrogens (tertiary/aromatic N) is 2. The van der Waals surface area contributed by atoms with Crippen molar-refractivity contribution < 1.29 is 18.1 Å². The molecular weight excluding hydrogens is 334 g/mol. The first-order valence-electron chi connectivity index (χ1n) is 7.89. The van der Waals surface area contributed by atoms with E-state index in [1.807, 2.05) is 0 Å². The van der Waals surface area contributed by atoms with Gasteiger partial charge < -0.3 is 10.1 Å². The van der Waals surface area contributed by atoms with Crippen molar-refractivity contribution in [2.45, 2.75) is 48.7 Å². The third-order valence-electron chi connectivity index (χ3n) is 4.99. The van der Waals surface area contributed by atoms with E-state index in [0.717, 1.165) is 31.7 Å². The molecule has 0 aliphatic carbocycles. The van der Waals surface area contributed by atoms with Gasteiger partial charge in [-0.3, -0.25) is 10.1 Å². The van der Waals surface area contributed by atoms with Crippen LogP contribution in [-0.4, -0.2) is 49.9 Å². The Kier molecular flexibility index (Phi) is 4.50. The zero-order valence-corrected chi connectivity index (χ0v) is 14.5. The molecule has 2 aliphatic rings. The number of hydrogen-bond acceptors (Lipinski definition) is 6. The van der Waals surface area contributed by atoms with Gasteiger partial charge in [0, 0.05) is 31.2 Å². The first-order chi connectivity index (χ1) is 11.3. The molecule has 2 heterocycles. The number of sulfonamides is 1. The Morgan fingerprint density at radius 2 is 1.92 bits per heavy atom. The van der Waals surface area contributed by atoms with E-state index in [9.17, 15) is 18.5 Å². The number of fused-ring (bicyclic) bond motifs is 2. The van der Waals surface area contributed by atoms with Crippen LogP contribution in [0.2, 0.25) is 0 Å². The molecule has 132 valence electrons. The second-order valence-electron chi connectivity index (χ2n) is 6.38. The summed E-state index contributed by atoms with van der Waals surface area (Å²) in [6.45, 7) is 0. The molecule has 2 bridgehead atoms. The molecule has 8 nitrogen and oxygen atoms in total. The van der Waals surface area contributed by atoms with Gasteiger partial charge in [0.1, 0.15) is 0 Å². The maximum absolute atomic E-state index is 12.9. The lowest BCUT2D eigenvalue weighted by atomic mass is 10.0. The number of nitro groups is 1. The van der Waals surface area contributed by atoms with E-state index in [2.05, 4.69) is 5.32 Å². The van der Waals surface area contributed by atoms with Gasteiger partial charge in [-0.05, 0) is 37.8 Å². The summed E-state index contributed by atoms with van der Waals surface area (Å²) in [5.74, 6) is 0.0431. The van der Waals surface area contributed by atoms with E-state index >= 15 is 0 Å². The molecule has 2 fully saturated rings. The molecular formula is C15H21N3O5S. The van der Waals surface area contributed by atoms with Crippen molar-refractivity contribution in [3.8, 4) is 5.75 Å². The summed E-state index contributed by atoms with van der Waals surface area (Å²) in [6.07, 6.45) is 3.68. The SMILES string of the molecule is COc1ccc(S(=O)(=O)N(C)C2CC3CCC(C2)N3)cc1[N+](=O)[O-]. The molecule has 2 unspecified atom stereocenters. The van der Waals surface area contributed by atoms with Gasteiger partial charge in [-0.15, -0.1) is 0 Å². The molecule has 2 atom stereocenters. The lowest BCUT2D eigenvalue weighted by Crippen LogP contribution is -2.48.